The minimum atomic E-state index is -0.277. The molecule has 1 aromatic heterocycles. The van der Waals surface area contributed by atoms with Crippen molar-refractivity contribution < 1.29 is 5.11 Å². The second kappa shape index (κ2) is 4.81. The first-order valence-corrected chi connectivity index (χ1v) is 7.87. The smallest absolute Gasteiger partial charge is 0.260 e. The van der Waals surface area contributed by atoms with Crippen LogP contribution in [0.2, 0.25) is 0 Å². The lowest BCUT2D eigenvalue weighted by atomic mass is 10.1. The Balaban J connectivity index is 1.92. The van der Waals surface area contributed by atoms with E-state index in [-0.39, 0.29) is 16.7 Å². The molecule has 0 radical (unpaired) electrons. The number of benzene rings is 2. The molecular formula is C17H14N2O2S. The lowest BCUT2D eigenvalue weighted by molar-refractivity contribution is 0.472. The Hall–Kier alpha value is -2.40. The van der Waals surface area contributed by atoms with Crippen molar-refractivity contribution in [3.05, 3.63) is 64.4 Å². The van der Waals surface area contributed by atoms with Crippen molar-refractivity contribution in [2.24, 2.45) is 7.05 Å². The van der Waals surface area contributed by atoms with E-state index in [4.69, 9.17) is 0 Å². The Morgan fingerprint density at radius 3 is 2.68 bits per heavy atom. The van der Waals surface area contributed by atoms with Crippen molar-refractivity contribution in [3.63, 3.8) is 0 Å². The van der Waals surface area contributed by atoms with Crippen molar-refractivity contribution in [1.82, 2.24) is 4.57 Å². The zero-order valence-electron chi connectivity index (χ0n) is 11.9. The van der Waals surface area contributed by atoms with Crippen molar-refractivity contribution >= 4 is 28.4 Å². The van der Waals surface area contributed by atoms with Crippen LogP contribution >= 0.6 is 11.8 Å². The Kier molecular flexibility index (Phi) is 2.90. The number of nitrogens with zero attached hydrogens (tertiary/aromatic N) is 1. The third kappa shape index (κ3) is 1.82. The first kappa shape index (κ1) is 13.3. The molecule has 0 fully saturated rings. The predicted molar refractivity (Wildman–Crippen MR) is 89.5 cm³/mol. The Morgan fingerprint density at radius 1 is 1.14 bits per heavy atom. The van der Waals surface area contributed by atoms with Gasteiger partial charge in [0.25, 0.3) is 5.56 Å². The van der Waals surface area contributed by atoms with Crippen LogP contribution in [-0.2, 0) is 7.05 Å². The lowest BCUT2D eigenvalue weighted by Crippen LogP contribution is -2.24. The standard InChI is InChI=1S/C17H14N2O2S/c1-19-12-8-4-2-6-10(12)15(20)14(17(19)21)16-18-11-7-3-5-9-13(11)22-16/h2-9,16,18,20H,1H3/t16-/m0/s1. The van der Waals surface area contributed by atoms with Gasteiger partial charge in [-0.3, -0.25) is 4.79 Å². The molecule has 2 aromatic carbocycles. The summed E-state index contributed by atoms with van der Waals surface area (Å²) in [6.07, 6.45) is 0. The van der Waals surface area contributed by atoms with Gasteiger partial charge in [-0.2, -0.15) is 0 Å². The molecule has 22 heavy (non-hydrogen) atoms. The average molecular weight is 310 g/mol. The number of hydrogen-bond donors (Lipinski definition) is 2. The first-order valence-electron chi connectivity index (χ1n) is 6.99. The number of aromatic nitrogens is 1. The summed E-state index contributed by atoms with van der Waals surface area (Å²) >= 11 is 1.55. The number of aryl methyl sites for hydroxylation is 1. The number of thioether (sulfide) groups is 1. The molecule has 0 unspecified atom stereocenters. The molecule has 1 aliphatic rings. The number of para-hydroxylation sites is 2. The molecule has 2 heterocycles. The van der Waals surface area contributed by atoms with Crippen LogP contribution in [0.3, 0.4) is 0 Å². The zero-order valence-corrected chi connectivity index (χ0v) is 12.7. The summed E-state index contributed by atoms with van der Waals surface area (Å²) in [5.41, 5.74) is 1.96. The predicted octanol–water partition coefficient (Wildman–Crippen LogP) is 3.46. The van der Waals surface area contributed by atoms with E-state index in [9.17, 15) is 9.90 Å². The van der Waals surface area contributed by atoms with Crippen molar-refractivity contribution in [2.45, 2.75) is 10.3 Å². The molecule has 1 aliphatic heterocycles. The van der Waals surface area contributed by atoms with E-state index in [1.807, 2.05) is 48.5 Å². The molecule has 0 saturated heterocycles. The summed E-state index contributed by atoms with van der Waals surface area (Å²) in [4.78, 5) is 13.8. The van der Waals surface area contributed by atoms with Gasteiger partial charge < -0.3 is 15.0 Å². The minimum Gasteiger partial charge on any atom is -0.507 e. The van der Waals surface area contributed by atoms with E-state index in [2.05, 4.69) is 5.32 Å². The zero-order chi connectivity index (χ0) is 15.3. The number of fused-ring (bicyclic) bond motifs is 2. The van der Waals surface area contributed by atoms with E-state index in [0.29, 0.717) is 10.9 Å². The highest BCUT2D eigenvalue weighted by Gasteiger charge is 2.29. The van der Waals surface area contributed by atoms with Crippen LogP contribution in [0.5, 0.6) is 5.75 Å². The third-order valence-electron chi connectivity index (χ3n) is 3.99. The number of pyridine rings is 1. The monoisotopic (exact) mass is 310 g/mol. The Labute approximate surface area is 131 Å². The van der Waals surface area contributed by atoms with Crippen LogP contribution in [0.15, 0.2) is 58.2 Å². The number of nitrogens with one attached hydrogen (secondary N) is 1. The highest BCUT2D eigenvalue weighted by atomic mass is 32.2. The second-order valence-corrected chi connectivity index (χ2v) is 6.43. The van der Waals surface area contributed by atoms with Crippen LogP contribution < -0.4 is 10.9 Å². The molecule has 4 rings (SSSR count). The van der Waals surface area contributed by atoms with Crippen LogP contribution in [0.1, 0.15) is 10.9 Å². The molecule has 3 aromatic rings. The van der Waals surface area contributed by atoms with E-state index < -0.39 is 0 Å². The molecule has 2 N–H and O–H groups in total. The summed E-state index contributed by atoms with van der Waals surface area (Å²) in [5.74, 6) is 0.0662. The van der Waals surface area contributed by atoms with Gasteiger partial charge in [0.05, 0.1) is 11.1 Å². The maximum atomic E-state index is 12.7. The maximum absolute atomic E-state index is 12.7. The summed E-state index contributed by atoms with van der Waals surface area (Å²) in [6, 6.07) is 15.3. The molecule has 0 aliphatic carbocycles. The number of hydrogen-bond acceptors (Lipinski definition) is 4. The van der Waals surface area contributed by atoms with Crippen molar-refractivity contribution in [1.29, 1.82) is 0 Å². The molecule has 0 amide bonds. The summed E-state index contributed by atoms with van der Waals surface area (Å²) in [5, 5.41) is 14.4. The number of anilines is 1. The quantitative estimate of drug-likeness (QED) is 0.723. The molecule has 0 saturated carbocycles. The number of rotatable bonds is 1. The second-order valence-electron chi connectivity index (χ2n) is 5.28. The van der Waals surface area contributed by atoms with E-state index in [0.717, 1.165) is 16.1 Å². The molecule has 0 spiro atoms. The van der Waals surface area contributed by atoms with Gasteiger partial charge in [-0.05, 0) is 24.3 Å². The fourth-order valence-corrected chi connectivity index (χ4v) is 4.04. The highest BCUT2D eigenvalue weighted by Crippen LogP contribution is 2.48. The van der Waals surface area contributed by atoms with Gasteiger partial charge in [0.2, 0.25) is 0 Å². The first-order chi connectivity index (χ1) is 10.7. The molecule has 4 nitrogen and oxygen atoms in total. The average Bonchev–Trinajstić information content (AvgIpc) is 2.96. The van der Waals surface area contributed by atoms with Crippen LogP contribution in [0.4, 0.5) is 5.69 Å². The maximum Gasteiger partial charge on any atom is 0.260 e. The largest absolute Gasteiger partial charge is 0.507 e. The van der Waals surface area contributed by atoms with Gasteiger partial charge in [-0.25, -0.2) is 0 Å². The van der Waals surface area contributed by atoms with Gasteiger partial charge >= 0.3 is 0 Å². The third-order valence-corrected chi connectivity index (χ3v) is 5.19. The van der Waals surface area contributed by atoms with Crippen molar-refractivity contribution in [2.75, 3.05) is 5.32 Å². The van der Waals surface area contributed by atoms with Gasteiger partial charge in [-0.1, -0.05) is 36.0 Å². The van der Waals surface area contributed by atoms with Gasteiger partial charge in [0, 0.05) is 23.0 Å². The molecule has 110 valence electrons. The van der Waals surface area contributed by atoms with Gasteiger partial charge in [0.15, 0.2) is 0 Å². The number of aromatic hydroxyl groups is 1. The normalized spacial score (nSPS) is 16.5. The van der Waals surface area contributed by atoms with E-state index in [1.54, 1.807) is 23.4 Å². The summed E-state index contributed by atoms with van der Waals surface area (Å²) < 4.78 is 1.59. The SMILES string of the molecule is Cn1c(=O)c([C@H]2Nc3ccccc3S2)c(O)c2ccccc21. The van der Waals surface area contributed by atoms with Gasteiger partial charge in [-0.15, -0.1) is 0 Å². The summed E-state index contributed by atoms with van der Waals surface area (Å²) in [7, 11) is 1.74. The molecule has 1 atom stereocenters. The molecule has 5 heteroatoms. The Bertz CT molecular complexity index is 924. The fourth-order valence-electron chi connectivity index (χ4n) is 2.86. The summed E-state index contributed by atoms with van der Waals surface area (Å²) in [6.45, 7) is 0. The Morgan fingerprint density at radius 2 is 1.86 bits per heavy atom. The minimum absolute atomic E-state index is 0.0662. The van der Waals surface area contributed by atoms with Crippen molar-refractivity contribution in [3.8, 4) is 5.75 Å². The lowest BCUT2D eigenvalue weighted by Gasteiger charge is -2.16. The topological polar surface area (TPSA) is 54.3 Å². The molecule has 0 bridgehead atoms. The molecular weight excluding hydrogens is 296 g/mol. The van der Waals surface area contributed by atoms with Crippen LogP contribution in [0.25, 0.3) is 10.9 Å². The fraction of sp³-hybridized carbons (Fsp3) is 0.118. The van der Waals surface area contributed by atoms with E-state index in [1.165, 1.54) is 0 Å². The van der Waals surface area contributed by atoms with Crippen LogP contribution in [-0.4, -0.2) is 9.67 Å². The van der Waals surface area contributed by atoms with E-state index >= 15 is 0 Å². The highest BCUT2D eigenvalue weighted by molar-refractivity contribution is 8.00. The van der Waals surface area contributed by atoms with Gasteiger partial charge in [0.1, 0.15) is 11.1 Å². The van der Waals surface area contributed by atoms with Crippen LogP contribution in [0, 0.1) is 0 Å².